The fourth-order valence-corrected chi connectivity index (χ4v) is 0.626. The molecule has 0 heterocycles. The van der Waals surface area contributed by atoms with Crippen LogP contribution in [0.25, 0.3) is 0 Å². The molecular formula is C10H20NO2. The molecule has 0 aromatic rings. The van der Waals surface area contributed by atoms with Gasteiger partial charge >= 0.3 is 6.09 Å². The summed E-state index contributed by atoms with van der Waals surface area (Å²) in [4.78, 5) is 11.2. The lowest BCUT2D eigenvalue weighted by Crippen LogP contribution is -2.40. The number of amides is 1. The lowest BCUT2D eigenvalue weighted by molar-refractivity contribution is 0.0503. The number of rotatable bonds is 2. The minimum absolute atomic E-state index is 0.102. The van der Waals surface area contributed by atoms with Crippen molar-refractivity contribution in [1.82, 2.24) is 5.32 Å². The second-order valence-corrected chi connectivity index (χ2v) is 4.50. The maximum atomic E-state index is 11.2. The van der Waals surface area contributed by atoms with Gasteiger partial charge in [-0.3, -0.25) is 0 Å². The van der Waals surface area contributed by atoms with Crippen molar-refractivity contribution in [3.8, 4) is 0 Å². The highest BCUT2D eigenvalue weighted by Gasteiger charge is 2.18. The zero-order valence-corrected chi connectivity index (χ0v) is 9.18. The van der Waals surface area contributed by atoms with Gasteiger partial charge in [-0.1, -0.05) is 13.8 Å². The number of ether oxygens (including phenoxy) is 1. The Balaban J connectivity index is 3.89. The molecule has 3 nitrogen and oxygen atoms in total. The molecule has 1 radical (unpaired) electrons. The van der Waals surface area contributed by atoms with Crippen molar-refractivity contribution in [3.05, 3.63) is 6.92 Å². The van der Waals surface area contributed by atoms with Crippen molar-refractivity contribution in [2.24, 2.45) is 5.92 Å². The van der Waals surface area contributed by atoms with Gasteiger partial charge in [0.25, 0.3) is 0 Å². The number of alkyl carbamates (subject to hydrolysis) is 1. The van der Waals surface area contributed by atoms with Crippen molar-refractivity contribution in [2.45, 2.75) is 46.3 Å². The second-order valence-electron chi connectivity index (χ2n) is 4.50. The minimum Gasteiger partial charge on any atom is -0.444 e. The van der Waals surface area contributed by atoms with E-state index >= 15 is 0 Å². The third-order valence-electron chi connectivity index (χ3n) is 1.51. The van der Waals surface area contributed by atoms with E-state index in [1.54, 1.807) is 0 Å². The first-order chi connectivity index (χ1) is 5.72. The van der Waals surface area contributed by atoms with Gasteiger partial charge in [-0.15, -0.1) is 0 Å². The summed E-state index contributed by atoms with van der Waals surface area (Å²) in [7, 11) is 0. The van der Waals surface area contributed by atoms with E-state index in [0.29, 0.717) is 5.92 Å². The second kappa shape index (κ2) is 4.49. The first-order valence-corrected chi connectivity index (χ1v) is 4.55. The molecule has 77 valence electrons. The van der Waals surface area contributed by atoms with E-state index in [9.17, 15) is 4.79 Å². The fourth-order valence-electron chi connectivity index (χ4n) is 0.626. The Labute approximate surface area is 80.8 Å². The van der Waals surface area contributed by atoms with Gasteiger partial charge in [0.05, 0.1) is 0 Å². The van der Waals surface area contributed by atoms with E-state index in [0.717, 1.165) is 0 Å². The molecule has 0 aliphatic heterocycles. The number of carbonyl (C=O) groups is 1. The average molecular weight is 186 g/mol. The quantitative estimate of drug-likeness (QED) is 0.719. The largest absolute Gasteiger partial charge is 0.444 e. The molecule has 1 amide bonds. The molecule has 3 heteroatoms. The van der Waals surface area contributed by atoms with Crippen molar-refractivity contribution in [2.75, 3.05) is 0 Å². The molecule has 0 bridgehead atoms. The summed E-state index contributed by atoms with van der Waals surface area (Å²) in [5.41, 5.74) is -0.444. The molecule has 0 rings (SSSR count). The summed E-state index contributed by atoms with van der Waals surface area (Å²) >= 11 is 0. The molecular weight excluding hydrogens is 166 g/mol. The van der Waals surface area contributed by atoms with Crippen LogP contribution in [0.15, 0.2) is 0 Å². The van der Waals surface area contributed by atoms with Crippen molar-refractivity contribution in [3.63, 3.8) is 0 Å². The Morgan fingerprint density at radius 1 is 1.38 bits per heavy atom. The Kier molecular flexibility index (Phi) is 4.24. The van der Waals surface area contributed by atoms with Gasteiger partial charge in [0.1, 0.15) is 5.60 Å². The van der Waals surface area contributed by atoms with Crippen LogP contribution in [-0.4, -0.2) is 17.7 Å². The molecule has 0 aliphatic carbocycles. The fraction of sp³-hybridized carbons (Fsp3) is 0.800. The maximum Gasteiger partial charge on any atom is 0.407 e. The number of nitrogens with one attached hydrogen (secondary N) is 1. The Morgan fingerprint density at radius 2 is 1.85 bits per heavy atom. The van der Waals surface area contributed by atoms with E-state index in [2.05, 4.69) is 12.2 Å². The zero-order valence-electron chi connectivity index (χ0n) is 9.18. The highest BCUT2D eigenvalue weighted by atomic mass is 16.6. The van der Waals surface area contributed by atoms with Crippen LogP contribution in [0, 0.1) is 12.8 Å². The maximum absolute atomic E-state index is 11.2. The van der Waals surface area contributed by atoms with Crippen molar-refractivity contribution >= 4 is 6.09 Å². The van der Waals surface area contributed by atoms with Crippen LogP contribution < -0.4 is 5.32 Å². The molecule has 13 heavy (non-hydrogen) atoms. The van der Waals surface area contributed by atoms with Crippen LogP contribution in [0.2, 0.25) is 0 Å². The topological polar surface area (TPSA) is 38.3 Å². The molecule has 0 saturated carbocycles. The summed E-state index contributed by atoms with van der Waals surface area (Å²) in [6.45, 7) is 13.3. The molecule has 1 unspecified atom stereocenters. The van der Waals surface area contributed by atoms with Gasteiger partial charge in [0.2, 0.25) is 0 Å². The molecule has 1 atom stereocenters. The van der Waals surface area contributed by atoms with Crippen molar-refractivity contribution in [1.29, 1.82) is 0 Å². The summed E-state index contributed by atoms with van der Waals surface area (Å²) in [5, 5.41) is 2.66. The Morgan fingerprint density at radius 3 is 2.15 bits per heavy atom. The van der Waals surface area contributed by atoms with E-state index in [-0.39, 0.29) is 6.04 Å². The van der Waals surface area contributed by atoms with E-state index in [1.165, 1.54) is 0 Å². The van der Waals surface area contributed by atoms with E-state index in [1.807, 2.05) is 34.6 Å². The summed E-state index contributed by atoms with van der Waals surface area (Å²) in [6.07, 6.45) is -0.402. The minimum atomic E-state index is -0.444. The number of carbonyl (C=O) groups excluding carboxylic acids is 1. The molecule has 0 fully saturated rings. The van der Waals surface area contributed by atoms with E-state index in [4.69, 9.17) is 4.74 Å². The third kappa shape index (κ3) is 6.43. The van der Waals surface area contributed by atoms with Crippen molar-refractivity contribution < 1.29 is 9.53 Å². The summed E-state index contributed by atoms with van der Waals surface area (Å²) in [5.74, 6) is 0.313. The number of hydrogen-bond donors (Lipinski definition) is 1. The highest BCUT2D eigenvalue weighted by molar-refractivity contribution is 5.68. The Hall–Kier alpha value is -0.730. The van der Waals surface area contributed by atoms with Gasteiger partial charge in [-0.2, -0.15) is 0 Å². The van der Waals surface area contributed by atoms with Crippen LogP contribution in [0.1, 0.15) is 34.6 Å². The first kappa shape index (κ1) is 12.3. The van der Waals surface area contributed by atoms with Gasteiger partial charge in [0.15, 0.2) is 0 Å². The average Bonchev–Trinajstić information content (AvgIpc) is 1.81. The van der Waals surface area contributed by atoms with Crippen LogP contribution in [-0.2, 0) is 4.74 Å². The SMILES string of the molecule is [CH2]C(NC(=O)OC(C)(C)C)C(C)C. The Bertz CT molecular complexity index is 170. The van der Waals surface area contributed by atoms with Crippen LogP contribution in [0.5, 0.6) is 0 Å². The zero-order chi connectivity index (χ0) is 10.6. The number of hydrogen-bond acceptors (Lipinski definition) is 2. The monoisotopic (exact) mass is 186 g/mol. The third-order valence-corrected chi connectivity index (χ3v) is 1.51. The first-order valence-electron chi connectivity index (χ1n) is 4.55. The molecule has 1 N–H and O–H groups in total. The van der Waals surface area contributed by atoms with Gasteiger partial charge < -0.3 is 10.1 Å². The standard InChI is InChI=1S/C10H20NO2/c1-7(2)8(3)11-9(12)13-10(4,5)6/h7-8H,3H2,1-2,4-6H3,(H,11,12). The van der Waals surface area contributed by atoms with E-state index < -0.39 is 11.7 Å². The van der Waals surface area contributed by atoms with Crippen LogP contribution in [0.3, 0.4) is 0 Å². The lowest BCUT2D eigenvalue weighted by Gasteiger charge is -2.23. The predicted octanol–water partition coefficient (Wildman–Crippen LogP) is 2.37. The molecule has 0 aromatic carbocycles. The van der Waals surface area contributed by atoms with Crippen LogP contribution >= 0.6 is 0 Å². The highest BCUT2D eigenvalue weighted by Crippen LogP contribution is 2.07. The summed E-state index contributed by atoms with van der Waals surface area (Å²) in [6, 6.07) is -0.102. The molecule has 0 spiro atoms. The predicted molar refractivity (Wildman–Crippen MR) is 53.4 cm³/mol. The summed E-state index contributed by atoms with van der Waals surface area (Å²) < 4.78 is 5.07. The molecule has 0 aromatic heterocycles. The lowest BCUT2D eigenvalue weighted by atomic mass is 10.1. The molecule has 0 saturated heterocycles. The molecule has 0 aliphatic rings. The smallest absolute Gasteiger partial charge is 0.407 e. The van der Waals surface area contributed by atoms with Crippen LogP contribution in [0.4, 0.5) is 4.79 Å². The van der Waals surface area contributed by atoms with Gasteiger partial charge in [-0.05, 0) is 33.6 Å². The van der Waals surface area contributed by atoms with Gasteiger partial charge in [-0.25, -0.2) is 4.79 Å². The normalized spacial score (nSPS) is 14.1. The van der Waals surface area contributed by atoms with Gasteiger partial charge in [0, 0.05) is 6.04 Å².